The summed E-state index contributed by atoms with van der Waals surface area (Å²) < 4.78 is 50.9. The molecule has 3 aromatic rings. The van der Waals surface area contributed by atoms with Crippen LogP contribution < -0.4 is 5.32 Å². The number of aromatic nitrogens is 4. The molecular weight excluding hydrogens is 378 g/mol. The number of hydrogen-bond acceptors (Lipinski definition) is 6. The van der Waals surface area contributed by atoms with Gasteiger partial charge in [-0.1, -0.05) is 12.1 Å². The summed E-state index contributed by atoms with van der Waals surface area (Å²) in [4.78, 5) is 8.34. The SMILES string of the molecule is C[C@@H](Nc1cnc(-c2cnnc(C(O)C(F)(F)F)c2)cn1)c1ccc(F)cc1. The fourth-order valence-corrected chi connectivity index (χ4v) is 2.43. The van der Waals surface area contributed by atoms with E-state index in [1.54, 1.807) is 12.1 Å². The Hall–Kier alpha value is -3.14. The molecule has 2 aromatic heterocycles. The fourth-order valence-electron chi connectivity index (χ4n) is 2.43. The van der Waals surface area contributed by atoms with Gasteiger partial charge in [0, 0.05) is 11.6 Å². The minimum Gasteiger partial charge on any atom is -0.378 e. The molecule has 1 aromatic carbocycles. The average Bonchev–Trinajstić information content (AvgIpc) is 2.68. The van der Waals surface area contributed by atoms with Gasteiger partial charge in [0.25, 0.3) is 0 Å². The van der Waals surface area contributed by atoms with Gasteiger partial charge in [-0.3, -0.25) is 4.98 Å². The maximum atomic E-state index is 13.0. The number of nitrogens with one attached hydrogen (secondary N) is 1. The van der Waals surface area contributed by atoms with Crippen LogP contribution in [-0.2, 0) is 0 Å². The zero-order valence-corrected chi connectivity index (χ0v) is 14.5. The van der Waals surface area contributed by atoms with Crippen LogP contribution in [0.2, 0.25) is 0 Å². The lowest BCUT2D eigenvalue weighted by atomic mass is 10.1. The van der Waals surface area contributed by atoms with Crippen LogP contribution in [0.3, 0.4) is 0 Å². The molecule has 10 heteroatoms. The van der Waals surface area contributed by atoms with Crippen molar-refractivity contribution in [2.45, 2.75) is 25.2 Å². The number of rotatable bonds is 5. The Bertz CT molecular complexity index is 932. The van der Waals surface area contributed by atoms with Gasteiger partial charge in [0.15, 0.2) is 6.10 Å². The van der Waals surface area contributed by atoms with Crippen LogP contribution in [-0.4, -0.2) is 31.4 Å². The number of anilines is 1. The molecule has 0 bridgehead atoms. The second-order valence-electron chi connectivity index (χ2n) is 6.02. The third-order valence-corrected chi connectivity index (χ3v) is 3.95. The number of aliphatic hydroxyl groups excluding tert-OH is 1. The topological polar surface area (TPSA) is 83.8 Å². The molecule has 6 nitrogen and oxygen atoms in total. The highest BCUT2D eigenvalue weighted by Gasteiger charge is 2.40. The lowest BCUT2D eigenvalue weighted by molar-refractivity contribution is -0.208. The molecule has 3 rings (SSSR count). The monoisotopic (exact) mass is 393 g/mol. The lowest BCUT2D eigenvalue weighted by Gasteiger charge is -2.15. The highest BCUT2D eigenvalue weighted by molar-refractivity contribution is 5.58. The molecule has 0 aliphatic carbocycles. The average molecular weight is 393 g/mol. The summed E-state index contributed by atoms with van der Waals surface area (Å²) in [5, 5.41) is 19.2. The maximum Gasteiger partial charge on any atom is 0.420 e. The second-order valence-corrected chi connectivity index (χ2v) is 6.02. The van der Waals surface area contributed by atoms with Gasteiger partial charge >= 0.3 is 6.18 Å². The third-order valence-electron chi connectivity index (χ3n) is 3.95. The Labute approximate surface area is 157 Å². The number of alkyl halides is 3. The van der Waals surface area contributed by atoms with E-state index >= 15 is 0 Å². The number of aliphatic hydroxyl groups is 1. The molecule has 0 saturated heterocycles. The Balaban J connectivity index is 1.75. The van der Waals surface area contributed by atoms with Crippen LogP contribution in [0.15, 0.2) is 48.9 Å². The molecule has 0 amide bonds. The number of nitrogens with zero attached hydrogens (tertiary/aromatic N) is 4. The summed E-state index contributed by atoms with van der Waals surface area (Å²) in [7, 11) is 0. The number of hydrogen-bond donors (Lipinski definition) is 2. The van der Waals surface area contributed by atoms with Crippen molar-refractivity contribution in [2.75, 3.05) is 5.32 Å². The van der Waals surface area contributed by atoms with Crippen molar-refractivity contribution < 1.29 is 22.7 Å². The summed E-state index contributed by atoms with van der Waals surface area (Å²) in [6, 6.07) is 6.88. The van der Waals surface area contributed by atoms with Crippen molar-refractivity contribution >= 4 is 5.82 Å². The van der Waals surface area contributed by atoms with Crippen molar-refractivity contribution in [1.82, 2.24) is 20.2 Å². The Morgan fingerprint density at radius 3 is 2.36 bits per heavy atom. The highest BCUT2D eigenvalue weighted by Crippen LogP contribution is 2.32. The van der Waals surface area contributed by atoms with E-state index in [0.29, 0.717) is 5.82 Å². The van der Waals surface area contributed by atoms with E-state index in [9.17, 15) is 22.7 Å². The Morgan fingerprint density at radius 1 is 1.04 bits per heavy atom. The predicted octanol–water partition coefficient (Wildman–Crippen LogP) is 3.84. The van der Waals surface area contributed by atoms with E-state index in [1.807, 2.05) is 6.92 Å². The minimum atomic E-state index is -4.84. The van der Waals surface area contributed by atoms with Crippen molar-refractivity contribution in [1.29, 1.82) is 0 Å². The van der Waals surface area contributed by atoms with E-state index in [4.69, 9.17) is 0 Å². The van der Waals surface area contributed by atoms with Gasteiger partial charge < -0.3 is 10.4 Å². The molecule has 0 aliphatic heterocycles. The molecule has 1 unspecified atom stereocenters. The van der Waals surface area contributed by atoms with Gasteiger partial charge in [0.05, 0.1) is 24.3 Å². The normalized spacial score (nSPS) is 13.8. The standard InChI is InChI=1S/C18H15F4N5O/c1-10(11-2-4-13(19)5-3-11)26-16-9-23-15(8-24-16)12-6-14(27-25-7-12)17(28)18(20,21)22/h2-10,17,28H,1H3,(H,24,26)/t10-,17?/m1/s1. The van der Waals surface area contributed by atoms with Crippen molar-refractivity contribution in [3.05, 3.63) is 66.0 Å². The first kappa shape index (κ1) is 19.6. The first-order valence-corrected chi connectivity index (χ1v) is 8.16. The quantitative estimate of drug-likeness (QED) is 0.641. The summed E-state index contributed by atoms with van der Waals surface area (Å²) >= 11 is 0. The number of benzene rings is 1. The third kappa shape index (κ3) is 4.58. The van der Waals surface area contributed by atoms with Crippen molar-refractivity contribution in [3.8, 4) is 11.3 Å². The molecule has 146 valence electrons. The van der Waals surface area contributed by atoms with E-state index in [2.05, 4.69) is 25.5 Å². The molecule has 28 heavy (non-hydrogen) atoms. The Kier molecular flexibility index (Phi) is 5.50. The smallest absolute Gasteiger partial charge is 0.378 e. The largest absolute Gasteiger partial charge is 0.420 e. The summed E-state index contributed by atoms with van der Waals surface area (Å²) in [6.45, 7) is 1.86. The maximum absolute atomic E-state index is 13.0. The molecule has 2 heterocycles. The molecule has 0 radical (unpaired) electrons. The zero-order chi connectivity index (χ0) is 20.3. The van der Waals surface area contributed by atoms with Crippen LogP contribution in [0.5, 0.6) is 0 Å². The summed E-state index contributed by atoms with van der Waals surface area (Å²) in [6.07, 6.45) is -3.57. The Morgan fingerprint density at radius 2 is 1.75 bits per heavy atom. The van der Waals surface area contributed by atoms with Gasteiger partial charge in [-0.25, -0.2) is 9.37 Å². The highest BCUT2D eigenvalue weighted by atomic mass is 19.4. The number of halogens is 4. The van der Waals surface area contributed by atoms with Crippen LogP contribution in [0.1, 0.15) is 30.3 Å². The molecule has 0 aliphatic rings. The van der Waals surface area contributed by atoms with Gasteiger partial charge in [-0.2, -0.15) is 23.4 Å². The first-order valence-electron chi connectivity index (χ1n) is 8.16. The van der Waals surface area contributed by atoms with E-state index in [-0.39, 0.29) is 23.1 Å². The molecular formula is C18H15F4N5O. The van der Waals surface area contributed by atoms with Gasteiger partial charge in [-0.15, -0.1) is 0 Å². The van der Waals surface area contributed by atoms with Crippen molar-refractivity contribution in [3.63, 3.8) is 0 Å². The van der Waals surface area contributed by atoms with Gasteiger partial charge in [0.1, 0.15) is 17.3 Å². The zero-order valence-electron chi connectivity index (χ0n) is 14.5. The first-order chi connectivity index (χ1) is 13.2. The molecule has 0 saturated carbocycles. The molecule has 2 atom stereocenters. The van der Waals surface area contributed by atoms with Crippen LogP contribution in [0.4, 0.5) is 23.4 Å². The lowest BCUT2D eigenvalue weighted by Crippen LogP contribution is -2.21. The van der Waals surface area contributed by atoms with Crippen LogP contribution in [0.25, 0.3) is 11.3 Å². The van der Waals surface area contributed by atoms with Gasteiger partial charge in [-0.05, 0) is 30.7 Å². The van der Waals surface area contributed by atoms with Crippen LogP contribution >= 0.6 is 0 Å². The van der Waals surface area contributed by atoms with Gasteiger partial charge in [0.2, 0.25) is 0 Å². The second kappa shape index (κ2) is 7.85. The fraction of sp³-hybridized carbons (Fsp3) is 0.222. The van der Waals surface area contributed by atoms with E-state index < -0.39 is 18.0 Å². The summed E-state index contributed by atoms with van der Waals surface area (Å²) in [5.41, 5.74) is 0.722. The van der Waals surface area contributed by atoms with E-state index in [1.165, 1.54) is 30.7 Å². The predicted molar refractivity (Wildman–Crippen MR) is 92.5 cm³/mol. The minimum absolute atomic E-state index is 0.170. The summed E-state index contributed by atoms with van der Waals surface area (Å²) in [5.74, 6) is 0.0965. The molecule has 0 fully saturated rings. The molecule has 0 spiro atoms. The van der Waals surface area contributed by atoms with E-state index in [0.717, 1.165) is 11.6 Å². The van der Waals surface area contributed by atoms with Crippen molar-refractivity contribution in [2.24, 2.45) is 0 Å². The molecule has 2 N–H and O–H groups in total. The van der Waals surface area contributed by atoms with Crippen LogP contribution in [0, 0.1) is 5.82 Å².